The van der Waals surface area contributed by atoms with Crippen molar-refractivity contribution < 1.29 is 63.2 Å². The topological polar surface area (TPSA) is 128 Å². The Morgan fingerprint density at radius 2 is 1.74 bits per heavy atom. The van der Waals surface area contributed by atoms with Gasteiger partial charge in [0, 0.05) is 30.2 Å². The van der Waals surface area contributed by atoms with Crippen molar-refractivity contribution in [2.24, 2.45) is 0 Å². The van der Waals surface area contributed by atoms with Crippen LogP contribution in [0.3, 0.4) is 0 Å². The Labute approximate surface area is 242 Å². The Morgan fingerprint density at radius 3 is 2.34 bits per heavy atom. The Balaban J connectivity index is 0.00000507. The standard InChI is InChI=1S/C27H31F2N3O5.Na/c1-16(2)25-23(11-10-21(33)13-22(34)14-24(35)36)32(20-8-6-18(28)7-9-20)31-26(25)27(37)30-15-17-4-3-5-19(29)12-17;/h3-9,12,16,21-22,33-34H,10-11,13-15H2,1-2H3,(H,30,37)(H,35,36);/q;+1/p-1/t21-,22-;/m1./s1. The fraction of sp³-hybridized carbons (Fsp3) is 0.370. The first-order valence-corrected chi connectivity index (χ1v) is 12.0. The average molecular weight is 538 g/mol. The third kappa shape index (κ3) is 8.71. The largest absolute Gasteiger partial charge is 1.00 e. The Kier molecular flexibility index (Phi) is 12.1. The van der Waals surface area contributed by atoms with E-state index in [0.29, 0.717) is 22.5 Å². The smallest absolute Gasteiger partial charge is 0.550 e. The molecule has 1 amide bonds. The molecule has 1 heterocycles. The zero-order valence-corrected chi connectivity index (χ0v) is 23.7. The van der Waals surface area contributed by atoms with Crippen LogP contribution in [0.25, 0.3) is 5.69 Å². The predicted molar refractivity (Wildman–Crippen MR) is 130 cm³/mol. The Bertz CT molecular complexity index is 1230. The van der Waals surface area contributed by atoms with Gasteiger partial charge < -0.3 is 25.4 Å². The van der Waals surface area contributed by atoms with Gasteiger partial charge in [-0.25, -0.2) is 13.5 Å². The van der Waals surface area contributed by atoms with Gasteiger partial charge in [-0.2, -0.15) is 5.10 Å². The molecule has 0 radical (unpaired) electrons. The van der Waals surface area contributed by atoms with Crippen LogP contribution in [0.5, 0.6) is 0 Å². The monoisotopic (exact) mass is 537 g/mol. The molecule has 2 aromatic carbocycles. The number of aliphatic carboxylic acids is 1. The maximum Gasteiger partial charge on any atom is 1.00 e. The first-order valence-electron chi connectivity index (χ1n) is 12.0. The minimum atomic E-state index is -1.41. The van der Waals surface area contributed by atoms with Crippen molar-refractivity contribution in [2.75, 3.05) is 0 Å². The molecule has 0 saturated carbocycles. The number of benzene rings is 2. The molecule has 0 aliphatic heterocycles. The number of carbonyl (C=O) groups excluding carboxylic acids is 2. The maximum absolute atomic E-state index is 13.6. The van der Waals surface area contributed by atoms with Gasteiger partial charge >= 0.3 is 29.6 Å². The summed E-state index contributed by atoms with van der Waals surface area (Å²) in [5.74, 6) is -2.89. The molecular formula is C27H30F2N3NaO5. The molecule has 0 unspecified atom stereocenters. The van der Waals surface area contributed by atoms with Crippen LogP contribution >= 0.6 is 0 Å². The molecule has 8 nitrogen and oxygen atoms in total. The number of nitrogens with one attached hydrogen (secondary N) is 1. The Morgan fingerprint density at radius 1 is 1.05 bits per heavy atom. The number of hydrogen-bond acceptors (Lipinski definition) is 6. The summed E-state index contributed by atoms with van der Waals surface area (Å²) in [5, 5.41) is 38.2. The molecule has 3 N–H and O–H groups in total. The van der Waals surface area contributed by atoms with Gasteiger partial charge in [0.1, 0.15) is 11.6 Å². The summed E-state index contributed by atoms with van der Waals surface area (Å²) in [6, 6.07) is 11.4. The molecule has 0 aliphatic rings. The maximum atomic E-state index is 13.6. The molecule has 0 spiro atoms. The second-order valence-corrected chi connectivity index (χ2v) is 9.22. The third-order valence-corrected chi connectivity index (χ3v) is 5.89. The summed E-state index contributed by atoms with van der Waals surface area (Å²) in [5.41, 5.74) is 2.48. The minimum Gasteiger partial charge on any atom is -0.550 e. The average Bonchev–Trinajstić information content (AvgIpc) is 3.21. The van der Waals surface area contributed by atoms with E-state index in [1.807, 2.05) is 13.8 Å². The fourth-order valence-corrected chi connectivity index (χ4v) is 4.20. The SMILES string of the molecule is CC(C)c1c(C(=O)NCc2cccc(F)c2)nn(-c2ccc(F)cc2)c1CC[C@@H](O)C[C@@H](O)CC(=O)[O-].[Na+]. The van der Waals surface area contributed by atoms with Gasteiger partial charge in [0.15, 0.2) is 5.69 Å². The predicted octanol–water partition coefficient (Wildman–Crippen LogP) is -0.608. The zero-order chi connectivity index (χ0) is 27.1. The van der Waals surface area contributed by atoms with E-state index < -0.39 is 42.1 Å². The second-order valence-electron chi connectivity index (χ2n) is 9.22. The molecule has 0 saturated heterocycles. The van der Waals surface area contributed by atoms with Crippen LogP contribution in [0, 0.1) is 11.6 Å². The van der Waals surface area contributed by atoms with Gasteiger partial charge in [-0.1, -0.05) is 26.0 Å². The fourth-order valence-electron chi connectivity index (χ4n) is 4.20. The first-order chi connectivity index (χ1) is 17.5. The number of amides is 1. The van der Waals surface area contributed by atoms with E-state index in [0.717, 1.165) is 0 Å². The van der Waals surface area contributed by atoms with Crippen molar-refractivity contribution in [2.45, 2.75) is 64.2 Å². The van der Waals surface area contributed by atoms with Gasteiger partial charge in [-0.15, -0.1) is 0 Å². The van der Waals surface area contributed by atoms with E-state index in [1.165, 1.54) is 41.1 Å². The van der Waals surface area contributed by atoms with E-state index in [4.69, 9.17) is 0 Å². The molecule has 198 valence electrons. The summed E-state index contributed by atoms with van der Waals surface area (Å²) >= 11 is 0. The van der Waals surface area contributed by atoms with Crippen molar-refractivity contribution in [1.29, 1.82) is 0 Å². The molecule has 11 heteroatoms. The van der Waals surface area contributed by atoms with Gasteiger partial charge in [0.25, 0.3) is 5.91 Å². The molecule has 3 rings (SSSR count). The van der Waals surface area contributed by atoms with Crippen LogP contribution in [0.4, 0.5) is 8.78 Å². The van der Waals surface area contributed by atoms with Crippen LogP contribution in [-0.4, -0.2) is 44.1 Å². The van der Waals surface area contributed by atoms with Crippen LogP contribution in [0.15, 0.2) is 48.5 Å². The molecular weight excluding hydrogens is 507 g/mol. The summed E-state index contributed by atoms with van der Waals surface area (Å²) in [4.78, 5) is 23.9. The van der Waals surface area contributed by atoms with Crippen LogP contribution in [0.2, 0.25) is 0 Å². The van der Waals surface area contributed by atoms with E-state index in [9.17, 15) is 33.7 Å². The van der Waals surface area contributed by atoms with E-state index >= 15 is 0 Å². The number of aliphatic hydroxyl groups is 2. The van der Waals surface area contributed by atoms with Crippen molar-refractivity contribution in [3.8, 4) is 5.69 Å². The summed E-state index contributed by atoms with van der Waals surface area (Å²) < 4.78 is 28.6. The molecule has 1 aromatic heterocycles. The molecule has 3 aromatic rings. The number of carboxylic acid groups (broad SMARTS) is 1. The van der Waals surface area contributed by atoms with Crippen molar-refractivity contribution in [1.82, 2.24) is 15.1 Å². The van der Waals surface area contributed by atoms with Crippen molar-refractivity contribution in [3.63, 3.8) is 0 Å². The number of nitrogens with zero attached hydrogens (tertiary/aromatic N) is 2. The van der Waals surface area contributed by atoms with Gasteiger partial charge in [-0.3, -0.25) is 4.79 Å². The number of rotatable bonds is 12. The van der Waals surface area contributed by atoms with E-state index in [-0.39, 0.29) is 67.0 Å². The molecule has 0 fully saturated rings. The normalized spacial score (nSPS) is 12.6. The van der Waals surface area contributed by atoms with Crippen LogP contribution in [0.1, 0.15) is 66.3 Å². The third-order valence-electron chi connectivity index (χ3n) is 5.89. The number of hydrogen-bond donors (Lipinski definition) is 3. The van der Waals surface area contributed by atoms with Gasteiger partial charge in [-0.05, 0) is 67.1 Å². The van der Waals surface area contributed by atoms with E-state index in [2.05, 4.69) is 10.4 Å². The molecule has 0 aliphatic carbocycles. The van der Waals surface area contributed by atoms with Gasteiger partial charge in [0.2, 0.25) is 0 Å². The number of carboxylic acids is 1. The quantitative estimate of drug-likeness (QED) is 0.265. The summed E-state index contributed by atoms with van der Waals surface area (Å²) in [7, 11) is 0. The second kappa shape index (κ2) is 14.5. The van der Waals surface area contributed by atoms with Crippen LogP contribution in [-0.2, 0) is 17.8 Å². The Hall–Kier alpha value is -2.63. The van der Waals surface area contributed by atoms with Crippen molar-refractivity contribution in [3.05, 3.63) is 82.7 Å². The van der Waals surface area contributed by atoms with Crippen molar-refractivity contribution >= 4 is 11.9 Å². The molecule has 0 bridgehead atoms. The number of aliphatic hydroxyl groups excluding tert-OH is 2. The summed E-state index contributed by atoms with van der Waals surface area (Å²) in [6.07, 6.45) is -2.62. The zero-order valence-electron chi connectivity index (χ0n) is 21.7. The minimum absolute atomic E-state index is 0. The molecule has 2 atom stereocenters. The van der Waals surface area contributed by atoms with Gasteiger partial charge in [0.05, 0.1) is 17.9 Å². The number of halogens is 2. The number of carbonyl (C=O) groups is 2. The van der Waals surface area contributed by atoms with Crippen LogP contribution < -0.4 is 40.0 Å². The molecule has 38 heavy (non-hydrogen) atoms. The summed E-state index contributed by atoms with van der Waals surface area (Å²) in [6.45, 7) is 3.86. The number of aromatic nitrogens is 2. The van der Waals surface area contributed by atoms with E-state index in [1.54, 1.807) is 12.1 Å². The first kappa shape index (κ1) is 31.6.